The zero-order valence-corrected chi connectivity index (χ0v) is 17.8. The molecule has 0 heterocycles. The van der Waals surface area contributed by atoms with Crippen LogP contribution in [0.3, 0.4) is 0 Å². The molecule has 8 heteroatoms. The van der Waals surface area contributed by atoms with E-state index < -0.39 is 10.0 Å². The standard InChI is InChI=1S/C20H25N3O3S2/c1-5-26-17-9-7-16(8-10-17)23-28(24,25)19-12-15(4)6-11-18(19)22-20(27)21-13-14(2)3/h6-12,23H,2,5,13H2,1,3-4H3,(H2,21,22,27). The van der Waals surface area contributed by atoms with Crippen molar-refractivity contribution in [3.05, 3.63) is 60.2 Å². The normalized spacial score (nSPS) is 10.8. The Morgan fingerprint density at radius 3 is 2.46 bits per heavy atom. The molecule has 0 aromatic heterocycles. The van der Waals surface area contributed by atoms with Crippen LogP contribution in [0.1, 0.15) is 19.4 Å². The molecule has 2 aromatic rings. The topological polar surface area (TPSA) is 79.5 Å². The maximum Gasteiger partial charge on any atom is 0.263 e. The van der Waals surface area contributed by atoms with Gasteiger partial charge in [-0.3, -0.25) is 4.72 Å². The molecule has 0 aliphatic carbocycles. The van der Waals surface area contributed by atoms with E-state index in [-0.39, 0.29) is 4.90 Å². The molecule has 150 valence electrons. The molecule has 6 nitrogen and oxygen atoms in total. The van der Waals surface area contributed by atoms with Crippen molar-refractivity contribution in [3.8, 4) is 5.75 Å². The number of benzene rings is 2. The molecule has 0 saturated carbocycles. The number of rotatable bonds is 8. The Hall–Kier alpha value is -2.58. The lowest BCUT2D eigenvalue weighted by Crippen LogP contribution is -2.30. The zero-order valence-electron chi connectivity index (χ0n) is 16.2. The molecular weight excluding hydrogens is 394 g/mol. The number of aryl methyl sites for hydroxylation is 1. The minimum Gasteiger partial charge on any atom is -0.494 e. The van der Waals surface area contributed by atoms with Crippen LogP contribution in [0.2, 0.25) is 0 Å². The van der Waals surface area contributed by atoms with Crippen LogP contribution in [-0.2, 0) is 10.0 Å². The summed E-state index contributed by atoms with van der Waals surface area (Å²) in [6.45, 7) is 10.4. The zero-order chi connectivity index (χ0) is 20.7. The third-order valence-corrected chi connectivity index (χ3v) is 5.31. The number of hydrogen-bond acceptors (Lipinski definition) is 4. The van der Waals surface area contributed by atoms with Gasteiger partial charge in [-0.2, -0.15) is 0 Å². The van der Waals surface area contributed by atoms with E-state index in [1.807, 2.05) is 26.8 Å². The summed E-state index contributed by atoms with van der Waals surface area (Å²) in [5.74, 6) is 0.678. The number of ether oxygens (including phenoxy) is 1. The van der Waals surface area contributed by atoms with Crippen LogP contribution < -0.4 is 20.1 Å². The lowest BCUT2D eigenvalue weighted by molar-refractivity contribution is 0.340. The largest absolute Gasteiger partial charge is 0.494 e. The molecule has 0 amide bonds. The molecule has 0 aliphatic rings. The second kappa shape index (κ2) is 9.57. The molecule has 0 radical (unpaired) electrons. The van der Waals surface area contributed by atoms with Crippen molar-refractivity contribution in [2.24, 2.45) is 0 Å². The average Bonchev–Trinajstić information content (AvgIpc) is 2.63. The summed E-state index contributed by atoms with van der Waals surface area (Å²) in [5.41, 5.74) is 2.57. The second-order valence-electron chi connectivity index (χ2n) is 6.33. The van der Waals surface area contributed by atoms with E-state index in [9.17, 15) is 8.42 Å². The smallest absolute Gasteiger partial charge is 0.263 e. The maximum absolute atomic E-state index is 13.0. The number of nitrogens with one attached hydrogen (secondary N) is 3. The number of thiocarbonyl (C=S) groups is 1. The van der Waals surface area contributed by atoms with Crippen LogP contribution in [0.25, 0.3) is 0 Å². The summed E-state index contributed by atoms with van der Waals surface area (Å²) >= 11 is 5.25. The van der Waals surface area contributed by atoms with Gasteiger partial charge < -0.3 is 15.4 Å². The van der Waals surface area contributed by atoms with Gasteiger partial charge in [0.05, 0.1) is 12.3 Å². The summed E-state index contributed by atoms with van der Waals surface area (Å²) in [4.78, 5) is 0.112. The van der Waals surface area contributed by atoms with Gasteiger partial charge in [0.15, 0.2) is 5.11 Å². The number of hydrogen-bond donors (Lipinski definition) is 3. The lowest BCUT2D eigenvalue weighted by atomic mass is 10.2. The Morgan fingerprint density at radius 1 is 1.18 bits per heavy atom. The molecule has 28 heavy (non-hydrogen) atoms. The van der Waals surface area contributed by atoms with Gasteiger partial charge in [-0.15, -0.1) is 0 Å². The Kier molecular flexibility index (Phi) is 7.42. The highest BCUT2D eigenvalue weighted by Crippen LogP contribution is 2.26. The molecule has 2 rings (SSSR count). The van der Waals surface area contributed by atoms with Gasteiger partial charge >= 0.3 is 0 Å². The van der Waals surface area contributed by atoms with E-state index in [0.29, 0.717) is 35.4 Å². The molecule has 0 atom stereocenters. The average molecular weight is 420 g/mol. The molecule has 0 saturated heterocycles. The predicted octanol–water partition coefficient (Wildman–Crippen LogP) is 4.06. The fourth-order valence-corrected chi connectivity index (χ4v) is 3.84. The summed E-state index contributed by atoms with van der Waals surface area (Å²) < 4.78 is 33.9. The second-order valence-corrected chi connectivity index (χ2v) is 8.39. The van der Waals surface area contributed by atoms with Crippen molar-refractivity contribution in [2.45, 2.75) is 25.7 Å². The highest BCUT2D eigenvalue weighted by Gasteiger charge is 2.20. The first-order chi connectivity index (χ1) is 13.2. The van der Waals surface area contributed by atoms with E-state index in [4.69, 9.17) is 17.0 Å². The van der Waals surface area contributed by atoms with E-state index >= 15 is 0 Å². The molecule has 0 fully saturated rings. The van der Waals surface area contributed by atoms with Gasteiger partial charge in [0.1, 0.15) is 10.6 Å². The van der Waals surface area contributed by atoms with Crippen molar-refractivity contribution < 1.29 is 13.2 Å². The summed E-state index contributed by atoms with van der Waals surface area (Å²) in [5, 5.41) is 6.26. The molecule has 0 bridgehead atoms. The van der Waals surface area contributed by atoms with E-state index in [1.165, 1.54) is 0 Å². The third-order valence-electron chi connectivity index (χ3n) is 3.64. The number of anilines is 2. The van der Waals surface area contributed by atoms with Crippen LogP contribution >= 0.6 is 12.2 Å². The molecule has 0 aliphatic heterocycles. The van der Waals surface area contributed by atoms with Crippen molar-refractivity contribution in [1.29, 1.82) is 0 Å². The monoisotopic (exact) mass is 419 g/mol. The van der Waals surface area contributed by atoms with Gasteiger partial charge in [0, 0.05) is 12.2 Å². The number of sulfonamides is 1. The van der Waals surface area contributed by atoms with E-state index in [2.05, 4.69) is 21.9 Å². The first-order valence-electron chi connectivity index (χ1n) is 8.77. The van der Waals surface area contributed by atoms with Crippen molar-refractivity contribution >= 4 is 38.7 Å². The van der Waals surface area contributed by atoms with Gasteiger partial charge in [0.25, 0.3) is 10.0 Å². The predicted molar refractivity (Wildman–Crippen MR) is 119 cm³/mol. The van der Waals surface area contributed by atoms with Crippen molar-refractivity contribution in [2.75, 3.05) is 23.2 Å². The molecule has 2 aromatic carbocycles. The van der Waals surface area contributed by atoms with Gasteiger partial charge in [-0.1, -0.05) is 18.2 Å². The van der Waals surface area contributed by atoms with Crippen LogP contribution in [-0.4, -0.2) is 26.7 Å². The van der Waals surface area contributed by atoms with Crippen molar-refractivity contribution in [3.63, 3.8) is 0 Å². The van der Waals surface area contributed by atoms with Crippen LogP contribution in [0.4, 0.5) is 11.4 Å². The van der Waals surface area contributed by atoms with E-state index in [1.54, 1.807) is 36.4 Å². The first-order valence-corrected chi connectivity index (χ1v) is 10.7. The van der Waals surface area contributed by atoms with Crippen LogP contribution in [0, 0.1) is 6.92 Å². The van der Waals surface area contributed by atoms with Crippen molar-refractivity contribution in [1.82, 2.24) is 5.32 Å². The minimum atomic E-state index is -3.83. The van der Waals surface area contributed by atoms with Gasteiger partial charge in [-0.05, 0) is 75.0 Å². The van der Waals surface area contributed by atoms with Gasteiger partial charge in [0.2, 0.25) is 0 Å². The quantitative estimate of drug-likeness (QED) is 0.442. The molecular formula is C20H25N3O3S2. The third kappa shape index (κ3) is 6.24. The summed E-state index contributed by atoms with van der Waals surface area (Å²) in [7, 11) is -3.83. The SMILES string of the molecule is C=C(C)CNC(=S)Nc1ccc(C)cc1S(=O)(=O)Nc1ccc(OCC)cc1. The fourth-order valence-electron chi connectivity index (χ4n) is 2.35. The van der Waals surface area contributed by atoms with Crippen LogP contribution in [0.15, 0.2) is 59.5 Å². The summed E-state index contributed by atoms with van der Waals surface area (Å²) in [6.07, 6.45) is 0. The fraction of sp³-hybridized carbons (Fsp3) is 0.250. The minimum absolute atomic E-state index is 0.112. The molecule has 3 N–H and O–H groups in total. The first kappa shape index (κ1) is 21.7. The molecule has 0 unspecified atom stereocenters. The Morgan fingerprint density at radius 2 is 1.86 bits per heavy atom. The highest BCUT2D eigenvalue weighted by atomic mass is 32.2. The Labute approximate surface area is 172 Å². The maximum atomic E-state index is 13.0. The highest BCUT2D eigenvalue weighted by molar-refractivity contribution is 7.93. The Balaban J connectivity index is 2.24. The summed E-state index contributed by atoms with van der Waals surface area (Å²) in [6, 6.07) is 11.9. The van der Waals surface area contributed by atoms with Crippen LogP contribution in [0.5, 0.6) is 5.75 Å². The van der Waals surface area contributed by atoms with E-state index in [0.717, 1.165) is 11.1 Å². The lowest BCUT2D eigenvalue weighted by Gasteiger charge is -2.16. The molecule has 0 spiro atoms. The Bertz CT molecular complexity index is 955. The van der Waals surface area contributed by atoms with Gasteiger partial charge in [-0.25, -0.2) is 8.42 Å².